The number of fused-ring (bicyclic) bond motifs is 1. The normalized spacial score (nSPS) is 27.1. The Morgan fingerprint density at radius 1 is 1.45 bits per heavy atom. The molecular weight excluding hydrogens is 259 g/mol. The lowest BCUT2D eigenvalue weighted by Gasteiger charge is -2.35. The molecule has 1 aliphatic heterocycles. The fourth-order valence-electron chi connectivity index (χ4n) is 2.92. The van der Waals surface area contributed by atoms with E-state index in [0.29, 0.717) is 30.6 Å². The number of furan rings is 1. The van der Waals surface area contributed by atoms with E-state index in [1.54, 1.807) is 18.2 Å². The topological polar surface area (TPSA) is 42.6 Å². The lowest BCUT2D eigenvalue weighted by atomic mass is 9.86. The van der Waals surface area contributed by atoms with Crippen LogP contribution in [0.2, 0.25) is 0 Å². The minimum absolute atomic E-state index is 0.0387. The minimum atomic E-state index is -1.05. The molecule has 20 heavy (non-hydrogen) atoms. The monoisotopic (exact) mass is 278 g/mol. The van der Waals surface area contributed by atoms with Crippen LogP contribution in [0.1, 0.15) is 38.4 Å². The molecule has 1 aromatic heterocycles. The average Bonchev–Trinajstić information content (AvgIpc) is 2.86. The Bertz CT molecular complexity index is 605. The smallest absolute Gasteiger partial charge is 0.170 e. The lowest BCUT2D eigenvalue weighted by Crippen LogP contribution is -2.38. The average molecular weight is 278 g/mol. The molecule has 0 saturated carbocycles. The van der Waals surface area contributed by atoms with E-state index < -0.39 is 11.4 Å². The van der Waals surface area contributed by atoms with Crippen LogP contribution in [0.5, 0.6) is 0 Å². The maximum Gasteiger partial charge on any atom is 0.170 e. The zero-order valence-electron chi connectivity index (χ0n) is 11.6. The van der Waals surface area contributed by atoms with E-state index in [1.165, 1.54) is 6.07 Å². The van der Waals surface area contributed by atoms with Crippen molar-refractivity contribution in [1.82, 2.24) is 0 Å². The van der Waals surface area contributed by atoms with Crippen LogP contribution in [0, 0.1) is 5.82 Å². The molecule has 3 rings (SSSR count). The molecule has 2 unspecified atom stereocenters. The quantitative estimate of drug-likeness (QED) is 0.930. The first-order valence-electron chi connectivity index (χ1n) is 7.15. The molecule has 3 nitrogen and oxygen atoms in total. The molecule has 108 valence electrons. The zero-order chi connectivity index (χ0) is 14.2. The standard InChI is InChI=1S/C16H19FO3/c1-2-4-12-10-16(18,7-8-19-12)14-9-11-5-3-6-13(17)15(11)20-14/h3,5-6,9,12,18H,2,4,7-8,10H2,1H3. The molecule has 1 fully saturated rings. The third-order valence-corrected chi connectivity index (χ3v) is 4.00. The van der Waals surface area contributed by atoms with E-state index in [0.717, 1.165) is 12.8 Å². The summed E-state index contributed by atoms with van der Waals surface area (Å²) in [6, 6.07) is 6.54. The summed E-state index contributed by atoms with van der Waals surface area (Å²) in [7, 11) is 0. The second-order valence-corrected chi connectivity index (χ2v) is 5.54. The van der Waals surface area contributed by atoms with Crippen LogP contribution in [0.25, 0.3) is 11.0 Å². The van der Waals surface area contributed by atoms with Gasteiger partial charge in [-0.1, -0.05) is 25.5 Å². The van der Waals surface area contributed by atoms with Crippen molar-refractivity contribution in [2.45, 2.75) is 44.3 Å². The molecule has 1 aliphatic rings. The number of aliphatic hydroxyl groups is 1. The Morgan fingerprint density at radius 2 is 2.30 bits per heavy atom. The van der Waals surface area contributed by atoms with E-state index in [1.807, 2.05) is 0 Å². The first kappa shape index (κ1) is 13.6. The Labute approximate surface area is 117 Å². The molecule has 2 heterocycles. The van der Waals surface area contributed by atoms with Gasteiger partial charge in [0.25, 0.3) is 0 Å². The minimum Gasteiger partial charge on any atom is -0.455 e. The molecule has 0 amide bonds. The highest BCUT2D eigenvalue weighted by Gasteiger charge is 2.39. The summed E-state index contributed by atoms with van der Waals surface area (Å²) in [6.45, 7) is 2.59. The van der Waals surface area contributed by atoms with E-state index in [4.69, 9.17) is 9.15 Å². The SMILES string of the molecule is CCCC1CC(O)(c2cc3cccc(F)c3o2)CCO1. The third kappa shape index (κ3) is 2.34. The van der Waals surface area contributed by atoms with Crippen molar-refractivity contribution in [3.8, 4) is 0 Å². The third-order valence-electron chi connectivity index (χ3n) is 4.00. The summed E-state index contributed by atoms with van der Waals surface area (Å²) in [6.07, 6.45) is 2.94. The molecule has 0 spiro atoms. The van der Waals surface area contributed by atoms with Crippen molar-refractivity contribution in [2.75, 3.05) is 6.61 Å². The number of halogens is 1. The van der Waals surface area contributed by atoms with Crippen LogP contribution >= 0.6 is 0 Å². The summed E-state index contributed by atoms with van der Waals surface area (Å²) >= 11 is 0. The van der Waals surface area contributed by atoms with Gasteiger partial charge in [0.05, 0.1) is 12.7 Å². The van der Waals surface area contributed by atoms with Crippen molar-refractivity contribution in [3.05, 3.63) is 35.8 Å². The van der Waals surface area contributed by atoms with Crippen LogP contribution in [-0.2, 0) is 10.3 Å². The molecular formula is C16H19FO3. The summed E-state index contributed by atoms with van der Waals surface area (Å²) in [4.78, 5) is 0. The largest absolute Gasteiger partial charge is 0.455 e. The van der Waals surface area contributed by atoms with Crippen LogP contribution in [0.15, 0.2) is 28.7 Å². The molecule has 1 N–H and O–H groups in total. The highest BCUT2D eigenvalue weighted by Crippen LogP contribution is 2.38. The van der Waals surface area contributed by atoms with Gasteiger partial charge in [-0.15, -0.1) is 0 Å². The first-order chi connectivity index (χ1) is 9.62. The second-order valence-electron chi connectivity index (χ2n) is 5.54. The zero-order valence-corrected chi connectivity index (χ0v) is 11.6. The van der Waals surface area contributed by atoms with E-state index in [9.17, 15) is 9.50 Å². The highest BCUT2D eigenvalue weighted by atomic mass is 19.1. The van der Waals surface area contributed by atoms with Gasteiger partial charge in [0.15, 0.2) is 11.4 Å². The summed E-state index contributed by atoms with van der Waals surface area (Å²) < 4.78 is 24.9. The van der Waals surface area contributed by atoms with E-state index >= 15 is 0 Å². The van der Waals surface area contributed by atoms with Gasteiger partial charge in [0.2, 0.25) is 0 Å². The molecule has 4 heteroatoms. The second kappa shape index (κ2) is 5.19. The summed E-state index contributed by atoms with van der Waals surface area (Å²) in [5.41, 5.74) is -0.835. The van der Waals surface area contributed by atoms with Crippen molar-refractivity contribution >= 4 is 11.0 Å². The van der Waals surface area contributed by atoms with Crippen molar-refractivity contribution in [3.63, 3.8) is 0 Å². The predicted octanol–water partition coefficient (Wildman–Crippen LogP) is 3.74. The van der Waals surface area contributed by atoms with Crippen molar-refractivity contribution in [2.24, 2.45) is 0 Å². The van der Waals surface area contributed by atoms with Crippen LogP contribution < -0.4 is 0 Å². The Kier molecular flexibility index (Phi) is 3.52. The van der Waals surface area contributed by atoms with Crippen LogP contribution in [0.3, 0.4) is 0 Å². The lowest BCUT2D eigenvalue weighted by molar-refractivity contribution is -0.118. The maximum absolute atomic E-state index is 13.7. The van der Waals surface area contributed by atoms with Crippen molar-refractivity contribution in [1.29, 1.82) is 0 Å². The van der Waals surface area contributed by atoms with E-state index in [-0.39, 0.29) is 11.7 Å². The molecule has 2 aromatic rings. The summed E-state index contributed by atoms with van der Waals surface area (Å²) in [5.74, 6) is 0.0523. The first-order valence-corrected chi connectivity index (χ1v) is 7.15. The molecule has 2 atom stereocenters. The predicted molar refractivity (Wildman–Crippen MR) is 74.0 cm³/mol. The number of rotatable bonds is 3. The highest BCUT2D eigenvalue weighted by molar-refractivity contribution is 5.78. The molecule has 0 aliphatic carbocycles. The number of ether oxygens (including phenoxy) is 1. The van der Waals surface area contributed by atoms with Gasteiger partial charge in [0.1, 0.15) is 11.4 Å². The fourth-order valence-corrected chi connectivity index (χ4v) is 2.92. The Morgan fingerprint density at radius 3 is 3.05 bits per heavy atom. The van der Waals surface area contributed by atoms with Gasteiger partial charge < -0.3 is 14.3 Å². The number of para-hydroxylation sites is 1. The number of hydrogen-bond donors (Lipinski definition) is 1. The van der Waals surface area contributed by atoms with Gasteiger partial charge in [-0.2, -0.15) is 0 Å². The number of benzene rings is 1. The fraction of sp³-hybridized carbons (Fsp3) is 0.500. The van der Waals surface area contributed by atoms with Gasteiger partial charge in [0, 0.05) is 18.2 Å². The van der Waals surface area contributed by atoms with Gasteiger partial charge in [-0.05, 0) is 18.6 Å². The molecule has 1 saturated heterocycles. The molecule has 0 bridgehead atoms. The maximum atomic E-state index is 13.7. The Hall–Kier alpha value is -1.39. The van der Waals surface area contributed by atoms with E-state index in [2.05, 4.69) is 6.92 Å². The van der Waals surface area contributed by atoms with Gasteiger partial charge >= 0.3 is 0 Å². The van der Waals surface area contributed by atoms with Crippen LogP contribution in [0.4, 0.5) is 4.39 Å². The summed E-state index contributed by atoms with van der Waals surface area (Å²) in [5, 5.41) is 11.5. The van der Waals surface area contributed by atoms with Gasteiger partial charge in [-0.25, -0.2) is 4.39 Å². The van der Waals surface area contributed by atoms with Crippen LogP contribution in [-0.4, -0.2) is 17.8 Å². The molecule has 0 radical (unpaired) electrons. The Balaban J connectivity index is 1.94. The number of hydrogen-bond acceptors (Lipinski definition) is 3. The van der Waals surface area contributed by atoms with Gasteiger partial charge in [-0.3, -0.25) is 0 Å². The van der Waals surface area contributed by atoms with Crippen molar-refractivity contribution < 1.29 is 18.7 Å². The molecule has 1 aromatic carbocycles.